The van der Waals surface area contributed by atoms with E-state index in [0.29, 0.717) is 11.4 Å². The average molecular weight is 292 g/mol. The minimum atomic E-state index is -1.000. The van der Waals surface area contributed by atoms with Crippen molar-refractivity contribution in [1.82, 2.24) is 30.3 Å². The van der Waals surface area contributed by atoms with Gasteiger partial charge in [-0.25, -0.2) is 4.98 Å². The largest absolute Gasteiger partial charge is 0.481 e. The maximum absolute atomic E-state index is 12.1. The highest BCUT2D eigenvalue weighted by Crippen LogP contribution is 2.10. The van der Waals surface area contributed by atoms with Crippen LogP contribution in [0.3, 0.4) is 0 Å². The zero-order chi connectivity index (χ0) is 15.6. The minimum absolute atomic E-state index is 0.241. The third-order valence-electron chi connectivity index (χ3n) is 3.08. The van der Waals surface area contributed by atoms with Crippen molar-refractivity contribution in [3.63, 3.8) is 0 Å². The predicted molar refractivity (Wildman–Crippen MR) is 71.5 cm³/mol. The summed E-state index contributed by atoms with van der Waals surface area (Å²) in [5.41, 5.74) is 1.23. The Morgan fingerprint density at radius 1 is 1.52 bits per heavy atom. The lowest BCUT2D eigenvalue weighted by molar-refractivity contribution is -0.136. The van der Waals surface area contributed by atoms with E-state index < -0.39 is 12.0 Å². The van der Waals surface area contributed by atoms with Crippen molar-refractivity contribution in [3.8, 4) is 0 Å². The van der Waals surface area contributed by atoms with E-state index in [1.807, 2.05) is 0 Å². The second kappa shape index (κ2) is 5.73. The van der Waals surface area contributed by atoms with Crippen LogP contribution in [0.25, 0.3) is 0 Å². The van der Waals surface area contributed by atoms with Gasteiger partial charge in [0.1, 0.15) is 12.2 Å². The minimum Gasteiger partial charge on any atom is -0.481 e. The van der Waals surface area contributed by atoms with E-state index in [0.717, 1.165) is 5.69 Å². The van der Waals surface area contributed by atoms with Crippen LogP contribution >= 0.6 is 0 Å². The molecule has 9 nitrogen and oxygen atoms in total. The fraction of sp³-hybridized carbons (Fsp3) is 0.417. The van der Waals surface area contributed by atoms with E-state index in [-0.39, 0.29) is 18.2 Å². The van der Waals surface area contributed by atoms with Gasteiger partial charge in [0.05, 0.1) is 17.8 Å². The predicted octanol–water partition coefficient (Wildman–Crippen LogP) is -0.0353. The van der Waals surface area contributed by atoms with Crippen molar-refractivity contribution in [1.29, 1.82) is 0 Å². The molecule has 2 heterocycles. The second-order valence-corrected chi connectivity index (χ2v) is 4.67. The summed E-state index contributed by atoms with van der Waals surface area (Å²) in [5.74, 6) is -0.699. The number of hydrogen-bond donors (Lipinski definition) is 3. The highest BCUT2D eigenvalue weighted by Gasteiger charge is 2.19. The van der Waals surface area contributed by atoms with Gasteiger partial charge in [-0.1, -0.05) is 0 Å². The summed E-state index contributed by atoms with van der Waals surface area (Å²) in [6, 6.07) is -0.448. The summed E-state index contributed by atoms with van der Waals surface area (Å²) in [5, 5.41) is 21.9. The van der Waals surface area contributed by atoms with E-state index in [1.54, 1.807) is 25.6 Å². The SMILES string of the molecule is Cc1c(C(=O)N[C@H](C)c2n[nH]c(CC(=O)O)n2)cnn1C. The molecule has 0 spiro atoms. The molecule has 3 N–H and O–H groups in total. The van der Waals surface area contributed by atoms with Crippen LogP contribution in [0.15, 0.2) is 6.20 Å². The summed E-state index contributed by atoms with van der Waals surface area (Å²) >= 11 is 0. The molecule has 0 aliphatic heterocycles. The molecular formula is C12H16N6O3. The molecule has 0 aliphatic rings. The number of aromatic nitrogens is 5. The Balaban J connectivity index is 2.05. The van der Waals surface area contributed by atoms with Crippen LogP contribution in [0.5, 0.6) is 0 Å². The molecule has 0 fully saturated rings. The number of carboxylic acid groups (broad SMARTS) is 1. The van der Waals surface area contributed by atoms with Gasteiger partial charge in [-0.2, -0.15) is 10.2 Å². The topological polar surface area (TPSA) is 126 Å². The van der Waals surface area contributed by atoms with Gasteiger partial charge in [-0.05, 0) is 13.8 Å². The normalized spacial score (nSPS) is 12.1. The van der Waals surface area contributed by atoms with Gasteiger partial charge >= 0.3 is 5.97 Å². The molecule has 2 aromatic heterocycles. The number of hydrogen-bond acceptors (Lipinski definition) is 5. The van der Waals surface area contributed by atoms with E-state index in [9.17, 15) is 9.59 Å². The third-order valence-corrected chi connectivity index (χ3v) is 3.08. The highest BCUT2D eigenvalue weighted by atomic mass is 16.4. The van der Waals surface area contributed by atoms with Gasteiger partial charge in [-0.15, -0.1) is 0 Å². The zero-order valence-electron chi connectivity index (χ0n) is 11.9. The quantitative estimate of drug-likeness (QED) is 0.710. The summed E-state index contributed by atoms with van der Waals surface area (Å²) in [4.78, 5) is 26.7. The van der Waals surface area contributed by atoms with E-state index in [2.05, 4.69) is 25.6 Å². The number of carboxylic acids is 1. The first-order valence-corrected chi connectivity index (χ1v) is 6.31. The summed E-state index contributed by atoms with van der Waals surface area (Å²) in [7, 11) is 1.75. The first-order valence-electron chi connectivity index (χ1n) is 6.31. The number of carbonyl (C=O) groups excluding carboxylic acids is 1. The molecule has 0 saturated carbocycles. The monoisotopic (exact) mass is 292 g/mol. The number of nitrogens with zero attached hydrogens (tertiary/aromatic N) is 4. The number of aliphatic carboxylic acids is 1. The first kappa shape index (κ1) is 14.7. The molecule has 0 bridgehead atoms. The van der Waals surface area contributed by atoms with E-state index in [1.165, 1.54) is 6.20 Å². The fourth-order valence-electron chi connectivity index (χ4n) is 1.79. The van der Waals surface area contributed by atoms with Crippen LogP contribution in [0, 0.1) is 6.92 Å². The second-order valence-electron chi connectivity index (χ2n) is 4.67. The first-order chi connectivity index (χ1) is 9.88. The maximum atomic E-state index is 12.1. The van der Waals surface area contributed by atoms with Crippen LogP contribution in [0.4, 0.5) is 0 Å². The molecule has 112 valence electrons. The van der Waals surface area contributed by atoms with Gasteiger partial charge in [0, 0.05) is 12.7 Å². The van der Waals surface area contributed by atoms with Crippen molar-refractivity contribution in [2.75, 3.05) is 0 Å². The van der Waals surface area contributed by atoms with Gasteiger partial charge in [0.2, 0.25) is 0 Å². The Hall–Kier alpha value is -2.71. The Morgan fingerprint density at radius 2 is 2.24 bits per heavy atom. The van der Waals surface area contributed by atoms with Crippen LogP contribution in [0.1, 0.15) is 40.7 Å². The van der Waals surface area contributed by atoms with Crippen LogP contribution < -0.4 is 5.32 Å². The Morgan fingerprint density at radius 3 is 2.81 bits per heavy atom. The number of amides is 1. The number of rotatable bonds is 5. The summed E-state index contributed by atoms with van der Waals surface area (Å²) in [6.45, 7) is 3.52. The molecule has 9 heteroatoms. The molecule has 1 amide bonds. The summed E-state index contributed by atoms with van der Waals surface area (Å²) < 4.78 is 1.61. The van der Waals surface area contributed by atoms with Crippen LogP contribution in [0.2, 0.25) is 0 Å². The Kier molecular flexibility index (Phi) is 4.01. The van der Waals surface area contributed by atoms with Gasteiger partial charge < -0.3 is 10.4 Å². The fourth-order valence-corrected chi connectivity index (χ4v) is 1.79. The van der Waals surface area contributed by atoms with Crippen molar-refractivity contribution in [2.45, 2.75) is 26.3 Å². The van der Waals surface area contributed by atoms with Crippen molar-refractivity contribution < 1.29 is 14.7 Å². The lowest BCUT2D eigenvalue weighted by atomic mass is 10.2. The molecule has 2 aromatic rings. The number of aromatic amines is 1. The molecule has 21 heavy (non-hydrogen) atoms. The van der Waals surface area contributed by atoms with E-state index >= 15 is 0 Å². The van der Waals surface area contributed by atoms with Crippen LogP contribution in [-0.4, -0.2) is 41.9 Å². The number of nitrogens with one attached hydrogen (secondary N) is 2. The standard InChI is InChI=1S/C12H16N6O3/c1-6(11-15-9(16-17-11)4-10(19)20)14-12(21)8-5-13-18(3)7(8)2/h5-6H,4H2,1-3H3,(H,14,21)(H,19,20)(H,15,16,17)/t6-/m1/s1. The lowest BCUT2D eigenvalue weighted by Gasteiger charge is -2.09. The van der Waals surface area contributed by atoms with Crippen molar-refractivity contribution in [3.05, 3.63) is 29.1 Å². The zero-order valence-corrected chi connectivity index (χ0v) is 11.9. The summed E-state index contributed by atoms with van der Waals surface area (Å²) in [6.07, 6.45) is 1.25. The van der Waals surface area contributed by atoms with Crippen LogP contribution in [-0.2, 0) is 18.3 Å². The molecule has 0 aliphatic carbocycles. The average Bonchev–Trinajstić information content (AvgIpc) is 2.97. The third kappa shape index (κ3) is 3.25. The maximum Gasteiger partial charge on any atom is 0.311 e. The molecule has 0 radical (unpaired) electrons. The molecule has 0 unspecified atom stereocenters. The number of H-pyrrole nitrogens is 1. The molecule has 0 aromatic carbocycles. The molecule has 2 rings (SSSR count). The number of aryl methyl sites for hydroxylation is 1. The lowest BCUT2D eigenvalue weighted by Crippen LogP contribution is -2.27. The Labute approximate surface area is 120 Å². The van der Waals surface area contributed by atoms with Crippen molar-refractivity contribution in [2.24, 2.45) is 7.05 Å². The van der Waals surface area contributed by atoms with Gasteiger partial charge in [0.25, 0.3) is 5.91 Å². The van der Waals surface area contributed by atoms with E-state index in [4.69, 9.17) is 5.11 Å². The molecule has 1 atom stereocenters. The molecular weight excluding hydrogens is 276 g/mol. The Bertz CT molecular complexity index is 674. The van der Waals surface area contributed by atoms with Gasteiger partial charge in [-0.3, -0.25) is 19.4 Å². The molecule has 0 saturated heterocycles. The van der Waals surface area contributed by atoms with Gasteiger partial charge in [0.15, 0.2) is 5.82 Å². The number of carbonyl (C=O) groups is 2. The van der Waals surface area contributed by atoms with Crippen molar-refractivity contribution >= 4 is 11.9 Å². The smallest absolute Gasteiger partial charge is 0.311 e. The highest BCUT2D eigenvalue weighted by molar-refractivity contribution is 5.95.